The van der Waals surface area contributed by atoms with E-state index in [4.69, 9.17) is 16.6 Å². The van der Waals surface area contributed by atoms with Crippen molar-refractivity contribution in [1.82, 2.24) is 9.29 Å². The van der Waals surface area contributed by atoms with Crippen molar-refractivity contribution in [3.8, 4) is 0 Å². The Morgan fingerprint density at radius 3 is 2.64 bits per heavy atom. The smallest absolute Gasteiger partial charge is 0.252 e. The maximum absolute atomic E-state index is 14.0. The van der Waals surface area contributed by atoms with Crippen LogP contribution in [0.25, 0.3) is 10.2 Å². The van der Waals surface area contributed by atoms with Gasteiger partial charge in [-0.25, -0.2) is 13.4 Å². The average Bonchev–Trinajstić information content (AvgIpc) is 3.50. The van der Waals surface area contributed by atoms with Gasteiger partial charge in [0.2, 0.25) is 5.91 Å². The summed E-state index contributed by atoms with van der Waals surface area (Å²) in [5, 5.41) is 0.637. The van der Waals surface area contributed by atoms with E-state index in [-0.39, 0.29) is 16.7 Å². The maximum Gasteiger partial charge on any atom is 0.252 e. The van der Waals surface area contributed by atoms with E-state index in [1.165, 1.54) is 21.7 Å². The van der Waals surface area contributed by atoms with Gasteiger partial charge in [-0.15, -0.1) is 11.3 Å². The number of nitrogens with zero attached hydrogens (tertiary/aromatic N) is 3. The van der Waals surface area contributed by atoms with Gasteiger partial charge in [-0.3, -0.25) is 9.69 Å². The molecule has 6 nitrogen and oxygen atoms in total. The summed E-state index contributed by atoms with van der Waals surface area (Å²) in [6.45, 7) is 4.99. The number of aryl methyl sites for hydroxylation is 2. The average molecular weight is 560 g/mol. The zero-order valence-corrected chi connectivity index (χ0v) is 23.2. The van der Waals surface area contributed by atoms with Crippen LogP contribution in [0, 0.1) is 19.8 Å². The summed E-state index contributed by atoms with van der Waals surface area (Å²) in [6, 6.07) is 17.1. The van der Waals surface area contributed by atoms with Gasteiger partial charge in [0.05, 0.1) is 27.0 Å². The molecule has 1 atom stereocenters. The minimum absolute atomic E-state index is 0.101. The monoisotopic (exact) mass is 559 g/mol. The summed E-state index contributed by atoms with van der Waals surface area (Å²) in [5.41, 5.74) is 4.11. The van der Waals surface area contributed by atoms with Crippen LogP contribution in [0.15, 0.2) is 58.8 Å². The second kappa shape index (κ2) is 10.2. The van der Waals surface area contributed by atoms with Crippen molar-refractivity contribution in [1.29, 1.82) is 0 Å². The number of amides is 1. The van der Waals surface area contributed by atoms with Crippen LogP contribution in [0.3, 0.4) is 0 Å². The molecule has 0 aliphatic carbocycles. The van der Waals surface area contributed by atoms with Crippen molar-refractivity contribution in [2.45, 2.75) is 37.4 Å². The van der Waals surface area contributed by atoms with Crippen LogP contribution in [-0.2, 0) is 21.4 Å². The van der Waals surface area contributed by atoms with E-state index in [0.717, 1.165) is 38.2 Å². The predicted molar refractivity (Wildman–Crippen MR) is 148 cm³/mol. The van der Waals surface area contributed by atoms with Crippen molar-refractivity contribution in [2.24, 2.45) is 5.92 Å². The van der Waals surface area contributed by atoms with Crippen LogP contribution < -0.4 is 4.90 Å². The molecule has 2 aromatic carbocycles. The standard InChI is InChI=1S/C26H26ClN3O3S3/c1-17-13-18(2)24-21(14-17)34-26(28-24)30(15-19-7-4-3-5-8-19)25(31)20-9-6-12-29(16-20)36(32,33)23-11-10-22(27)35-23/h3-5,7-8,10-11,13-14,20H,6,9,12,15-16H2,1-2H3. The van der Waals surface area contributed by atoms with Gasteiger partial charge in [0.15, 0.2) is 5.13 Å². The molecule has 5 rings (SSSR count). The lowest BCUT2D eigenvalue weighted by molar-refractivity contribution is -0.123. The molecule has 1 aliphatic rings. The highest BCUT2D eigenvalue weighted by Gasteiger charge is 2.37. The Balaban J connectivity index is 1.47. The quantitative estimate of drug-likeness (QED) is 0.279. The molecule has 0 radical (unpaired) electrons. The van der Waals surface area contributed by atoms with Gasteiger partial charge in [-0.05, 0) is 61.6 Å². The first-order chi connectivity index (χ1) is 17.2. The molecule has 10 heteroatoms. The number of benzene rings is 2. The Hall–Kier alpha value is -2.30. The van der Waals surface area contributed by atoms with Crippen molar-refractivity contribution in [2.75, 3.05) is 18.0 Å². The van der Waals surface area contributed by atoms with Gasteiger partial charge >= 0.3 is 0 Å². The Morgan fingerprint density at radius 1 is 1.14 bits per heavy atom. The Bertz CT molecular complexity index is 1520. The third-order valence-electron chi connectivity index (χ3n) is 6.38. The highest BCUT2D eigenvalue weighted by Crippen LogP contribution is 2.35. The van der Waals surface area contributed by atoms with E-state index in [1.807, 2.05) is 37.3 Å². The normalized spacial score (nSPS) is 16.9. The zero-order valence-electron chi connectivity index (χ0n) is 20.0. The molecule has 0 saturated carbocycles. The summed E-state index contributed by atoms with van der Waals surface area (Å²) in [5.74, 6) is -0.557. The molecule has 188 valence electrons. The molecule has 1 unspecified atom stereocenters. The summed E-state index contributed by atoms with van der Waals surface area (Å²) in [4.78, 5) is 20.6. The number of aromatic nitrogens is 1. The van der Waals surface area contributed by atoms with Crippen LogP contribution in [-0.4, -0.2) is 36.7 Å². The van der Waals surface area contributed by atoms with Crippen LogP contribution in [0.2, 0.25) is 4.34 Å². The molecule has 4 aromatic rings. The van der Waals surface area contributed by atoms with Gasteiger partial charge in [-0.2, -0.15) is 4.31 Å². The number of carbonyl (C=O) groups is 1. The Labute approximate surface area is 224 Å². The lowest BCUT2D eigenvalue weighted by Gasteiger charge is -2.33. The fraction of sp³-hybridized carbons (Fsp3) is 0.308. The van der Waals surface area contributed by atoms with E-state index in [0.29, 0.717) is 35.4 Å². The van der Waals surface area contributed by atoms with E-state index >= 15 is 0 Å². The molecule has 3 heterocycles. The number of sulfonamides is 1. The summed E-state index contributed by atoms with van der Waals surface area (Å²) in [7, 11) is -3.70. The second-order valence-electron chi connectivity index (χ2n) is 9.10. The second-order valence-corrected chi connectivity index (χ2v) is 14.0. The maximum atomic E-state index is 14.0. The van der Waals surface area contributed by atoms with Crippen LogP contribution in [0.1, 0.15) is 29.5 Å². The number of fused-ring (bicyclic) bond motifs is 1. The third-order valence-corrected chi connectivity index (χ3v) is 11.0. The van der Waals surface area contributed by atoms with Crippen molar-refractivity contribution in [3.63, 3.8) is 0 Å². The Morgan fingerprint density at radius 2 is 1.92 bits per heavy atom. The summed E-state index contributed by atoms with van der Waals surface area (Å²) < 4.78 is 29.6. The first-order valence-corrected chi connectivity index (χ1v) is 15.2. The fourth-order valence-corrected chi connectivity index (χ4v) is 8.93. The molecule has 0 bridgehead atoms. The zero-order chi connectivity index (χ0) is 25.4. The lowest BCUT2D eigenvalue weighted by atomic mass is 9.98. The molecule has 0 spiro atoms. The van der Waals surface area contributed by atoms with Gasteiger partial charge in [0, 0.05) is 13.1 Å². The number of anilines is 1. The largest absolute Gasteiger partial charge is 0.283 e. The number of halogens is 1. The predicted octanol–water partition coefficient (Wildman–Crippen LogP) is 6.26. The molecule has 2 aromatic heterocycles. The van der Waals surface area contributed by atoms with Gasteiger partial charge in [-0.1, -0.05) is 59.3 Å². The number of rotatable bonds is 6. The van der Waals surface area contributed by atoms with E-state index in [2.05, 4.69) is 19.1 Å². The van der Waals surface area contributed by atoms with Gasteiger partial charge in [0.25, 0.3) is 10.0 Å². The van der Waals surface area contributed by atoms with E-state index < -0.39 is 15.9 Å². The van der Waals surface area contributed by atoms with Gasteiger partial charge < -0.3 is 0 Å². The minimum Gasteiger partial charge on any atom is -0.283 e. The number of thiazole rings is 1. The Kier molecular flexibility index (Phi) is 7.20. The summed E-state index contributed by atoms with van der Waals surface area (Å²) >= 11 is 8.53. The minimum atomic E-state index is -3.70. The molecular weight excluding hydrogens is 534 g/mol. The molecule has 0 N–H and O–H groups in total. The number of hydrogen-bond acceptors (Lipinski definition) is 6. The molecule has 1 amide bonds. The van der Waals surface area contributed by atoms with E-state index in [9.17, 15) is 13.2 Å². The van der Waals surface area contributed by atoms with Crippen molar-refractivity contribution < 1.29 is 13.2 Å². The third kappa shape index (κ3) is 5.08. The molecule has 36 heavy (non-hydrogen) atoms. The lowest BCUT2D eigenvalue weighted by Crippen LogP contribution is -2.46. The van der Waals surface area contributed by atoms with Crippen LogP contribution in [0.4, 0.5) is 5.13 Å². The number of carbonyl (C=O) groups excluding carboxylic acids is 1. The SMILES string of the molecule is Cc1cc(C)c2nc(N(Cc3ccccc3)C(=O)C3CCCN(S(=O)(=O)c4ccc(Cl)s4)C3)sc2c1. The molecule has 1 saturated heterocycles. The van der Waals surface area contributed by atoms with E-state index in [1.54, 1.807) is 11.0 Å². The molecule has 1 fully saturated rings. The fourth-order valence-electron chi connectivity index (χ4n) is 4.63. The highest BCUT2D eigenvalue weighted by molar-refractivity contribution is 7.91. The topological polar surface area (TPSA) is 70.6 Å². The van der Waals surface area contributed by atoms with Crippen molar-refractivity contribution in [3.05, 3.63) is 75.6 Å². The van der Waals surface area contributed by atoms with Gasteiger partial charge in [0.1, 0.15) is 4.21 Å². The van der Waals surface area contributed by atoms with Crippen molar-refractivity contribution >= 4 is 65.6 Å². The first-order valence-electron chi connectivity index (χ1n) is 11.7. The first kappa shape index (κ1) is 25.4. The number of hydrogen-bond donors (Lipinski definition) is 0. The van der Waals surface area contributed by atoms with Crippen LogP contribution >= 0.6 is 34.3 Å². The summed E-state index contributed by atoms with van der Waals surface area (Å²) in [6.07, 6.45) is 1.25. The molecule has 1 aliphatic heterocycles. The number of thiophene rings is 1. The molecular formula is C26H26ClN3O3S3. The highest BCUT2D eigenvalue weighted by atomic mass is 35.5. The van der Waals surface area contributed by atoms with Crippen LogP contribution in [0.5, 0.6) is 0 Å². The number of piperidine rings is 1.